The molecule has 0 saturated heterocycles. The van der Waals surface area contributed by atoms with Crippen molar-refractivity contribution in [3.05, 3.63) is 29.3 Å². The lowest BCUT2D eigenvalue weighted by atomic mass is 9.64. The van der Waals surface area contributed by atoms with E-state index in [4.69, 9.17) is 5.11 Å². The number of benzene rings is 1. The van der Waals surface area contributed by atoms with Gasteiger partial charge in [0, 0.05) is 11.6 Å². The molecule has 0 aromatic heterocycles. The SMILES string of the molecule is CC1(C)C2CCC1(C)C(c1c(C=CC(=O)O)ccc(O)c1O)C2. The predicted octanol–water partition coefficient (Wildman–Crippen LogP) is 4.13. The number of phenolic OH excluding ortho intramolecular Hbond substituents is 2. The van der Waals surface area contributed by atoms with Crippen LogP contribution in [0.5, 0.6) is 11.5 Å². The molecule has 124 valence electrons. The topological polar surface area (TPSA) is 77.8 Å². The Bertz CT molecular complexity index is 689. The van der Waals surface area contributed by atoms with Crippen molar-refractivity contribution in [1.82, 2.24) is 0 Å². The fourth-order valence-electron chi connectivity index (χ4n) is 4.92. The highest BCUT2D eigenvalue weighted by Crippen LogP contribution is 2.72. The Morgan fingerprint density at radius 1 is 1.26 bits per heavy atom. The second kappa shape index (κ2) is 5.02. The summed E-state index contributed by atoms with van der Waals surface area (Å²) in [6.07, 6.45) is 5.84. The lowest BCUT2D eigenvalue weighted by Crippen LogP contribution is -2.31. The smallest absolute Gasteiger partial charge is 0.328 e. The molecule has 2 fully saturated rings. The van der Waals surface area contributed by atoms with E-state index in [1.54, 1.807) is 6.07 Å². The lowest BCUT2D eigenvalue weighted by molar-refractivity contribution is -0.131. The van der Waals surface area contributed by atoms with E-state index in [0.29, 0.717) is 17.0 Å². The van der Waals surface area contributed by atoms with Gasteiger partial charge < -0.3 is 15.3 Å². The van der Waals surface area contributed by atoms with E-state index < -0.39 is 5.97 Å². The van der Waals surface area contributed by atoms with Crippen molar-refractivity contribution in [2.24, 2.45) is 16.7 Å². The molecular formula is C19H24O4. The minimum absolute atomic E-state index is 0.0365. The fraction of sp³-hybridized carbons (Fsp3) is 0.526. The van der Waals surface area contributed by atoms with Gasteiger partial charge in [-0.25, -0.2) is 4.79 Å². The van der Waals surface area contributed by atoms with Crippen LogP contribution in [-0.4, -0.2) is 21.3 Å². The van der Waals surface area contributed by atoms with Crippen LogP contribution in [0.15, 0.2) is 18.2 Å². The highest BCUT2D eigenvalue weighted by atomic mass is 16.4. The molecule has 0 aliphatic heterocycles. The van der Waals surface area contributed by atoms with E-state index >= 15 is 0 Å². The highest BCUT2D eigenvalue weighted by Gasteiger charge is 2.62. The maximum absolute atomic E-state index is 10.9. The summed E-state index contributed by atoms with van der Waals surface area (Å²) in [6, 6.07) is 3.10. The van der Waals surface area contributed by atoms with Gasteiger partial charge in [0.25, 0.3) is 0 Å². The van der Waals surface area contributed by atoms with Crippen molar-refractivity contribution < 1.29 is 20.1 Å². The van der Waals surface area contributed by atoms with Crippen LogP contribution in [0.25, 0.3) is 6.08 Å². The zero-order valence-electron chi connectivity index (χ0n) is 13.8. The van der Waals surface area contributed by atoms with Crippen molar-refractivity contribution in [2.45, 2.75) is 46.0 Å². The zero-order chi connectivity index (χ0) is 17.0. The number of carboxylic acid groups (broad SMARTS) is 1. The number of aliphatic carboxylic acids is 1. The first kappa shape index (κ1) is 15.9. The molecule has 3 atom stereocenters. The van der Waals surface area contributed by atoms with Crippen molar-refractivity contribution in [3.63, 3.8) is 0 Å². The third-order valence-electron chi connectivity index (χ3n) is 6.78. The first-order chi connectivity index (χ1) is 10.7. The number of carbonyl (C=O) groups is 1. The van der Waals surface area contributed by atoms with Crippen LogP contribution in [0, 0.1) is 16.7 Å². The van der Waals surface area contributed by atoms with Gasteiger partial charge in [-0.2, -0.15) is 0 Å². The second-order valence-corrected chi connectivity index (χ2v) is 7.77. The van der Waals surface area contributed by atoms with Gasteiger partial charge in [-0.3, -0.25) is 0 Å². The Labute approximate surface area is 136 Å². The Kier molecular flexibility index (Phi) is 3.47. The molecule has 0 heterocycles. The van der Waals surface area contributed by atoms with Crippen LogP contribution >= 0.6 is 0 Å². The van der Waals surface area contributed by atoms with E-state index in [9.17, 15) is 15.0 Å². The van der Waals surface area contributed by atoms with Crippen LogP contribution < -0.4 is 0 Å². The van der Waals surface area contributed by atoms with Crippen molar-refractivity contribution >= 4 is 12.0 Å². The molecule has 23 heavy (non-hydrogen) atoms. The standard InChI is InChI=1S/C19H24O4/c1-18(2)12-8-9-19(18,3)13(10-12)16-11(5-7-15(21)22)4-6-14(20)17(16)23/h4-7,12-13,20,23H,8-10H2,1-3H3,(H,21,22). The molecule has 3 rings (SSSR count). The monoisotopic (exact) mass is 316 g/mol. The maximum atomic E-state index is 10.9. The van der Waals surface area contributed by atoms with Crippen molar-refractivity contribution in [3.8, 4) is 11.5 Å². The normalized spacial score (nSPS) is 31.8. The average Bonchev–Trinajstić information content (AvgIpc) is 2.81. The van der Waals surface area contributed by atoms with E-state index in [1.807, 2.05) is 0 Å². The third-order valence-corrected chi connectivity index (χ3v) is 6.78. The minimum atomic E-state index is -1.03. The van der Waals surface area contributed by atoms with Crippen LogP contribution in [0.1, 0.15) is 57.1 Å². The molecule has 0 radical (unpaired) electrons. The summed E-state index contributed by atoms with van der Waals surface area (Å²) >= 11 is 0. The first-order valence-electron chi connectivity index (χ1n) is 8.14. The summed E-state index contributed by atoms with van der Waals surface area (Å²) < 4.78 is 0. The number of hydrogen-bond acceptors (Lipinski definition) is 3. The minimum Gasteiger partial charge on any atom is -0.504 e. The highest BCUT2D eigenvalue weighted by molar-refractivity contribution is 5.86. The quantitative estimate of drug-likeness (QED) is 0.579. The van der Waals surface area contributed by atoms with Crippen LogP contribution in [0.2, 0.25) is 0 Å². The van der Waals surface area contributed by atoms with Gasteiger partial charge in [-0.15, -0.1) is 0 Å². The molecule has 2 bridgehead atoms. The van der Waals surface area contributed by atoms with Gasteiger partial charge >= 0.3 is 5.97 Å². The number of rotatable bonds is 3. The second-order valence-electron chi connectivity index (χ2n) is 7.77. The number of carboxylic acids is 1. The number of fused-ring (bicyclic) bond motifs is 2. The average molecular weight is 316 g/mol. The van der Waals surface area contributed by atoms with Crippen LogP contribution in [0.3, 0.4) is 0 Å². The van der Waals surface area contributed by atoms with Gasteiger partial charge in [-0.1, -0.05) is 26.8 Å². The molecule has 4 nitrogen and oxygen atoms in total. The molecule has 1 aromatic rings. The molecule has 3 N–H and O–H groups in total. The Balaban J connectivity index is 2.13. The summed E-state index contributed by atoms with van der Waals surface area (Å²) in [5, 5.41) is 29.3. The predicted molar refractivity (Wildman–Crippen MR) is 88.4 cm³/mol. The summed E-state index contributed by atoms with van der Waals surface area (Å²) in [5.41, 5.74) is 1.58. The summed E-state index contributed by atoms with van der Waals surface area (Å²) in [6.45, 7) is 6.84. The Morgan fingerprint density at radius 2 is 1.96 bits per heavy atom. The van der Waals surface area contributed by atoms with E-state index in [1.165, 1.54) is 18.6 Å². The number of phenols is 2. The number of hydrogen-bond donors (Lipinski definition) is 3. The first-order valence-corrected chi connectivity index (χ1v) is 8.14. The molecule has 0 amide bonds. The number of aromatic hydroxyl groups is 2. The molecule has 0 spiro atoms. The van der Waals surface area contributed by atoms with Gasteiger partial charge in [0.1, 0.15) is 0 Å². The van der Waals surface area contributed by atoms with Gasteiger partial charge in [0.2, 0.25) is 0 Å². The molecule has 4 heteroatoms. The molecule has 1 aromatic carbocycles. The van der Waals surface area contributed by atoms with Crippen LogP contribution in [0.4, 0.5) is 0 Å². The largest absolute Gasteiger partial charge is 0.504 e. The third kappa shape index (κ3) is 2.15. The Hall–Kier alpha value is -1.97. The van der Waals surface area contributed by atoms with E-state index in [-0.39, 0.29) is 28.2 Å². The van der Waals surface area contributed by atoms with E-state index in [2.05, 4.69) is 20.8 Å². The zero-order valence-corrected chi connectivity index (χ0v) is 13.8. The van der Waals surface area contributed by atoms with Gasteiger partial charge in [0.15, 0.2) is 11.5 Å². The van der Waals surface area contributed by atoms with Gasteiger partial charge in [0.05, 0.1) is 0 Å². The molecule has 2 aliphatic rings. The summed E-state index contributed by atoms with van der Waals surface area (Å²) in [4.78, 5) is 10.9. The molecular weight excluding hydrogens is 292 g/mol. The fourth-order valence-corrected chi connectivity index (χ4v) is 4.92. The van der Waals surface area contributed by atoms with Gasteiger partial charge in [-0.05, 0) is 59.6 Å². The molecule has 3 unspecified atom stereocenters. The Morgan fingerprint density at radius 3 is 2.48 bits per heavy atom. The molecule has 2 saturated carbocycles. The summed E-state index contributed by atoms with van der Waals surface area (Å²) in [7, 11) is 0. The van der Waals surface area contributed by atoms with Crippen molar-refractivity contribution in [2.75, 3.05) is 0 Å². The van der Waals surface area contributed by atoms with Crippen molar-refractivity contribution in [1.29, 1.82) is 0 Å². The summed E-state index contributed by atoms with van der Waals surface area (Å²) in [5.74, 6) is -0.556. The van der Waals surface area contributed by atoms with E-state index in [0.717, 1.165) is 18.9 Å². The molecule has 2 aliphatic carbocycles. The maximum Gasteiger partial charge on any atom is 0.328 e. The van der Waals surface area contributed by atoms with Crippen LogP contribution in [-0.2, 0) is 4.79 Å². The lowest BCUT2D eigenvalue weighted by Gasteiger charge is -2.40.